The van der Waals surface area contributed by atoms with Gasteiger partial charge in [-0.1, -0.05) is 17.7 Å². The third kappa shape index (κ3) is 5.79. The van der Waals surface area contributed by atoms with Crippen LogP contribution in [0.2, 0.25) is 5.15 Å². The molecule has 13 nitrogen and oxygen atoms in total. The van der Waals surface area contributed by atoms with Crippen LogP contribution in [0.15, 0.2) is 47.6 Å². The van der Waals surface area contributed by atoms with Gasteiger partial charge in [-0.25, -0.2) is 24.2 Å². The molecular formula is C32H38ClN7O6S. The summed E-state index contributed by atoms with van der Waals surface area (Å²) in [7, 11) is -4.34. The molecule has 0 aromatic carbocycles. The van der Waals surface area contributed by atoms with Gasteiger partial charge in [-0.15, -0.1) is 5.10 Å². The van der Waals surface area contributed by atoms with Crippen LogP contribution < -0.4 is 14.8 Å². The number of fused-ring (bicyclic) bond motifs is 1. The van der Waals surface area contributed by atoms with Crippen LogP contribution in [-0.2, 0) is 10.0 Å². The number of halogens is 1. The van der Waals surface area contributed by atoms with Crippen molar-refractivity contribution in [3.8, 4) is 11.7 Å². The number of hydrogen-bond acceptors (Lipinski definition) is 9. The lowest BCUT2D eigenvalue weighted by Gasteiger charge is -2.33. The maximum atomic E-state index is 13.1. The summed E-state index contributed by atoms with van der Waals surface area (Å²) in [6, 6.07) is 9.01. The fourth-order valence-electron chi connectivity index (χ4n) is 7.92. The second-order valence-corrected chi connectivity index (χ2v) is 15.8. The van der Waals surface area contributed by atoms with E-state index in [1.807, 2.05) is 18.6 Å². The molecule has 7 rings (SSSR count). The number of anilines is 1. The number of amides is 2. The Labute approximate surface area is 278 Å². The summed E-state index contributed by atoms with van der Waals surface area (Å²) in [5, 5.41) is 16.6. The van der Waals surface area contributed by atoms with Crippen LogP contribution in [0, 0.1) is 16.7 Å². The standard InChI is InChI=1S/C32H38ClN7O6S/c1-30(2)12-10-20(40(30)29(42)43)5-4-17-34-23-6-3-7-26(35-23)47(44,45)38-28(41)21-8-9-24(36-27(21)33)39-18-11-25(37-39)46-19-22-31(13-14-31)32(22)15-16-32/h3,6-9,11,18,20,22H,4-5,10,12-17,19H2,1-2H3,(H,34,35)(H,38,41)(H,42,43). The molecule has 0 bridgehead atoms. The molecular weight excluding hydrogens is 646 g/mol. The molecule has 1 unspecified atom stereocenters. The first-order valence-electron chi connectivity index (χ1n) is 16.0. The van der Waals surface area contributed by atoms with E-state index in [1.165, 1.54) is 59.5 Å². The largest absolute Gasteiger partial charge is 0.476 e. The molecule has 4 fully saturated rings. The third-order valence-corrected chi connectivity index (χ3v) is 12.2. The highest BCUT2D eigenvalue weighted by atomic mass is 35.5. The van der Waals surface area contributed by atoms with Gasteiger partial charge in [0.05, 0.1) is 12.2 Å². The first kappa shape index (κ1) is 31.7. The highest BCUT2D eigenvalue weighted by Gasteiger charge is 2.86. The van der Waals surface area contributed by atoms with Crippen molar-refractivity contribution in [2.75, 3.05) is 18.5 Å². The van der Waals surface area contributed by atoms with Gasteiger partial charge in [-0.2, -0.15) is 8.42 Å². The zero-order valence-electron chi connectivity index (χ0n) is 26.3. The fraction of sp³-hybridized carbons (Fsp3) is 0.531. The Morgan fingerprint density at radius 3 is 2.49 bits per heavy atom. The van der Waals surface area contributed by atoms with Gasteiger partial charge in [0.1, 0.15) is 11.0 Å². The van der Waals surface area contributed by atoms with E-state index >= 15 is 0 Å². The van der Waals surface area contributed by atoms with E-state index in [4.69, 9.17) is 16.3 Å². The van der Waals surface area contributed by atoms with E-state index in [-0.39, 0.29) is 21.8 Å². The molecule has 0 radical (unpaired) electrons. The second-order valence-electron chi connectivity index (χ2n) is 13.8. The van der Waals surface area contributed by atoms with Gasteiger partial charge >= 0.3 is 6.09 Å². The van der Waals surface area contributed by atoms with E-state index in [0.29, 0.717) is 60.3 Å². The number of aromatic nitrogens is 4. The first-order valence-corrected chi connectivity index (χ1v) is 17.9. The van der Waals surface area contributed by atoms with Crippen molar-refractivity contribution in [1.29, 1.82) is 0 Å². The average Bonchev–Trinajstić information content (AvgIpc) is 3.97. The topological polar surface area (TPSA) is 169 Å². The van der Waals surface area contributed by atoms with Crippen LogP contribution in [0.1, 0.15) is 75.6 Å². The Balaban J connectivity index is 0.925. The normalized spacial score (nSPS) is 21.5. The Kier molecular flexibility index (Phi) is 7.66. The highest BCUT2D eigenvalue weighted by Crippen LogP contribution is 2.92. The van der Waals surface area contributed by atoms with Crippen LogP contribution in [0.25, 0.3) is 5.82 Å². The van der Waals surface area contributed by atoms with Gasteiger partial charge in [0.25, 0.3) is 15.9 Å². The van der Waals surface area contributed by atoms with Crippen molar-refractivity contribution in [1.82, 2.24) is 29.4 Å². The van der Waals surface area contributed by atoms with Crippen LogP contribution >= 0.6 is 11.6 Å². The summed E-state index contributed by atoms with van der Waals surface area (Å²) in [6.07, 6.45) is 8.97. The lowest BCUT2D eigenvalue weighted by atomic mass is 10.0. The SMILES string of the molecule is CC1(C)CCC(CCCNc2cccc(S(=O)(=O)NC(=O)c3ccc(-n4ccc(OCC5C6(CC6)C56CC6)n4)nc3Cl)n2)N1C(=O)O. The molecule has 3 saturated carbocycles. The maximum absolute atomic E-state index is 13.1. The van der Waals surface area contributed by atoms with Crippen molar-refractivity contribution in [3.05, 3.63) is 53.3 Å². The summed E-state index contributed by atoms with van der Waals surface area (Å²) in [6.45, 7) is 4.99. The molecule has 250 valence electrons. The zero-order valence-corrected chi connectivity index (χ0v) is 27.9. The quantitative estimate of drug-likeness (QED) is 0.172. The Morgan fingerprint density at radius 2 is 1.81 bits per heavy atom. The summed E-state index contributed by atoms with van der Waals surface area (Å²) in [5.41, 5.74) is 0.576. The lowest BCUT2D eigenvalue weighted by Crippen LogP contribution is -2.46. The molecule has 1 aliphatic heterocycles. The molecule has 2 amide bonds. The molecule has 47 heavy (non-hydrogen) atoms. The maximum Gasteiger partial charge on any atom is 0.407 e. The highest BCUT2D eigenvalue weighted by molar-refractivity contribution is 7.90. The average molecular weight is 684 g/mol. The lowest BCUT2D eigenvalue weighted by molar-refractivity contribution is 0.0933. The summed E-state index contributed by atoms with van der Waals surface area (Å²) in [5.74, 6) is 0.824. The molecule has 3 aromatic rings. The number of rotatable bonds is 12. The number of likely N-dealkylation sites (tertiary alicyclic amines) is 1. The van der Waals surface area contributed by atoms with Gasteiger partial charge in [-0.05, 0) is 100 Å². The first-order chi connectivity index (χ1) is 22.4. The van der Waals surface area contributed by atoms with Crippen LogP contribution in [0.3, 0.4) is 0 Å². The number of hydrogen-bond donors (Lipinski definition) is 3. The van der Waals surface area contributed by atoms with Crippen LogP contribution in [-0.4, -0.2) is 74.9 Å². The van der Waals surface area contributed by atoms with E-state index in [2.05, 4.69) is 20.4 Å². The fourth-order valence-corrected chi connectivity index (χ4v) is 9.09. The summed E-state index contributed by atoms with van der Waals surface area (Å²) >= 11 is 6.33. The molecule has 1 saturated heterocycles. The molecule has 4 aliphatic rings. The van der Waals surface area contributed by atoms with Gasteiger partial charge in [0.2, 0.25) is 5.88 Å². The van der Waals surface area contributed by atoms with Crippen LogP contribution in [0.5, 0.6) is 5.88 Å². The number of sulfonamides is 1. The zero-order chi connectivity index (χ0) is 33.2. The number of nitrogens with zero attached hydrogens (tertiary/aromatic N) is 5. The monoisotopic (exact) mass is 683 g/mol. The van der Waals surface area contributed by atoms with Crippen LogP contribution in [0.4, 0.5) is 10.6 Å². The van der Waals surface area contributed by atoms with E-state index in [9.17, 15) is 23.1 Å². The molecule has 3 N–H and O–H groups in total. The molecule has 3 aliphatic carbocycles. The number of carboxylic acid groups (broad SMARTS) is 1. The smallest absolute Gasteiger partial charge is 0.407 e. The predicted molar refractivity (Wildman–Crippen MR) is 172 cm³/mol. The Hall–Kier alpha value is -3.91. The molecule has 4 heterocycles. The summed E-state index contributed by atoms with van der Waals surface area (Å²) < 4.78 is 35.6. The second kappa shape index (κ2) is 11.4. The molecule has 2 spiro atoms. The summed E-state index contributed by atoms with van der Waals surface area (Å²) in [4.78, 5) is 34.7. The Morgan fingerprint density at radius 1 is 1.06 bits per heavy atom. The number of nitrogens with one attached hydrogen (secondary N) is 2. The number of pyridine rings is 2. The number of ether oxygens (including phenoxy) is 1. The van der Waals surface area contributed by atoms with Crippen molar-refractivity contribution in [3.63, 3.8) is 0 Å². The minimum Gasteiger partial charge on any atom is -0.476 e. The molecule has 15 heteroatoms. The Bertz CT molecular complexity index is 1820. The molecule has 1 atom stereocenters. The number of carbonyl (C=O) groups is 2. The van der Waals surface area contributed by atoms with Crippen molar-refractivity contribution < 1.29 is 27.9 Å². The number of carbonyl (C=O) groups excluding carboxylic acids is 1. The van der Waals surface area contributed by atoms with E-state index in [1.54, 1.807) is 18.3 Å². The molecule has 3 aromatic heterocycles. The van der Waals surface area contributed by atoms with E-state index in [0.717, 1.165) is 12.8 Å². The van der Waals surface area contributed by atoms with Gasteiger partial charge in [-0.3, -0.25) is 4.79 Å². The van der Waals surface area contributed by atoms with E-state index < -0.39 is 27.6 Å². The van der Waals surface area contributed by atoms with Gasteiger partial charge in [0.15, 0.2) is 10.8 Å². The van der Waals surface area contributed by atoms with Crippen molar-refractivity contribution in [2.45, 2.75) is 81.8 Å². The van der Waals surface area contributed by atoms with Gasteiger partial charge < -0.3 is 20.1 Å². The third-order valence-electron chi connectivity index (χ3n) is 10.7. The minimum atomic E-state index is -4.34. The minimum absolute atomic E-state index is 0.0673. The predicted octanol–water partition coefficient (Wildman–Crippen LogP) is 5.12. The van der Waals surface area contributed by atoms with Crippen molar-refractivity contribution in [2.24, 2.45) is 16.7 Å². The van der Waals surface area contributed by atoms with Gasteiger partial charge in [0, 0.05) is 36.3 Å². The van der Waals surface area contributed by atoms with Crippen molar-refractivity contribution >= 4 is 39.4 Å².